The number of likely N-dealkylation sites (N-methyl/N-ethyl adjacent to an activating group) is 1. The van der Waals surface area contributed by atoms with Crippen LogP contribution in [0.2, 0.25) is 0 Å². The van der Waals surface area contributed by atoms with Crippen LogP contribution in [0, 0.1) is 5.41 Å². The van der Waals surface area contributed by atoms with Crippen LogP contribution >= 0.6 is 12.4 Å². The van der Waals surface area contributed by atoms with Crippen LogP contribution in [0.4, 0.5) is 0 Å². The van der Waals surface area contributed by atoms with Gasteiger partial charge in [-0.1, -0.05) is 20.8 Å². The molecule has 1 aliphatic heterocycles. The standard InChI is InChI=1S/C14H27N3O2.ClH/c1-5-11(17-8-6-7-12(17)18)13(19)16(4)10-14(2,3)9-15;/h11H,5-10,15H2,1-4H3;1H. The maximum atomic E-state index is 12.5. The topological polar surface area (TPSA) is 66.6 Å². The van der Waals surface area contributed by atoms with Gasteiger partial charge in [-0.2, -0.15) is 0 Å². The predicted octanol–water partition coefficient (Wildman–Crippen LogP) is 1.25. The lowest BCUT2D eigenvalue weighted by Crippen LogP contribution is -2.50. The molecule has 2 N–H and O–H groups in total. The molecule has 1 atom stereocenters. The Morgan fingerprint density at radius 1 is 1.50 bits per heavy atom. The molecule has 118 valence electrons. The number of carbonyl (C=O) groups excluding carboxylic acids is 2. The van der Waals surface area contributed by atoms with Crippen molar-refractivity contribution in [1.29, 1.82) is 0 Å². The highest BCUT2D eigenvalue weighted by Crippen LogP contribution is 2.19. The fourth-order valence-electron chi connectivity index (χ4n) is 2.57. The van der Waals surface area contributed by atoms with Crippen molar-refractivity contribution in [1.82, 2.24) is 9.80 Å². The first-order valence-corrected chi connectivity index (χ1v) is 7.07. The van der Waals surface area contributed by atoms with Crippen LogP contribution in [-0.4, -0.2) is 54.3 Å². The van der Waals surface area contributed by atoms with E-state index in [0.29, 0.717) is 32.5 Å². The minimum absolute atomic E-state index is 0. The molecule has 0 saturated carbocycles. The van der Waals surface area contributed by atoms with Crippen LogP contribution in [-0.2, 0) is 9.59 Å². The number of hydrogen-bond acceptors (Lipinski definition) is 3. The van der Waals surface area contributed by atoms with Crippen LogP contribution in [0.5, 0.6) is 0 Å². The maximum Gasteiger partial charge on any atom is 0.245 e. The Hall–Kier alpha value is -0.810. The average Bonchev–Trinajstić information content (AvgIpc) is 2.76. The quantitative estimate of drug-likeness (QED) is 0.803. The van der Waals surface area contributed by atoms with E-state index >= 15 is 0 Å². The highest BCUT2D eigenvalue weighted by atomic mass is 35.5. The van der Waals surface area contributed by atoms with Crippen LogP contribution in [0.25, 0.3) is 0 Å². The van der Waals surface area contributed by atoms with Gasteiger partial charge in [-0.05, 0) is 24.8 Å². The van der Waals surface area contributed by atoms with Crippen LogP contribution in [0.1, 0.15) is 40.0 Å². The van der Waals surface area contributed by atoms with Gasteiger partial charge in [0, 0.05) is 26.6 Å². The molecule has 0 aromatic heterocycles. The fourth-order valence-corrected chi connectivity index (χ4v) is 2.57. The number of nitrogens with two attached hydrogens (primary N) is 1. The smallest absolute Gasteiger partial charge is 0.245 e. The number of halogens is 1. The molecule has 1 heterocycles. The molecule has 0 spiro atoms. The molecule has 1 aliphatic rings. The summed E-state index contributed by atoms with van der Waals surface area (Å²) < 4.78 is 0. The van der Waals surface area contributed by atoms with E-state index in [0.717, 1.165) is 6.42 Å². The van der Waals surface area contributed by atoms with Gasteiger partial charge in [0.2, 0.25) is 11.8 Å². The summed E-state index contributed by atoms with van der Waals surface area (Å²) in [7, 11) is 1.79. The molecule has 0 radical (unpaired) electrons. The summed E-state index contributed by atoms with van der Waals surface area (Å²) in [4.78, 5) is 27.7. The van der Waals surface area contributed by atoms with Gasteiger partial charge in [-0.3, -0.25) is 9.59 Å². The van der Waals surface area contributed by atoms with Gasteiger partial charge in [0.1, 0.15) is 6.04 Å². The minimum atomic E-state index is -0.312. The van der Waals surface area contributed by atoms with Gasteiger partial charge < -0.3 is 15.5 Å². The molecule has 1 saturated heterocycles. The molecule has 5 nitrogen and oxygen atoms in total. The lowest BCUT2D eigenvalue weighted by molar-refractivity contribution is -0.143. The largest absolute Gasteiger partial charge is 0.343 e. The Morgan fingerprint density at radius 3 is 2.50 bits per heavy atom. The van der Waals surface area contributed by atoms with Gasteiger partial charge in [0.15, 0.2) is 0 Å². The Bertz CT molecular complexity index is 347. The van der Waals surface area contributed by atoms with E-state index in [1.165, 1.54) is 0 Å². The van der Waals surface area contributed by atoms with Crippen LogP contribution < -0.4 is 5.73 Å². The molecule has 1 unspecified atom stereocenters. The SMILES string of the molecule is CCC(C(=O)N(C)CC(C)(C)CN)N1CCCC1=O.Cl. The molecule has 6 heteroatoms. The average molecular weight is 306 g/mol. The van der Waals surface area contributed by atoms with E-state index in [1.54, 1.807) is 16.8 Å². The van der Waals surface area contributed by atoms with Crippen LogP contribution in [0.3, 0.4) is 0 Å². The lowest BCUT2D eigenvalue weighted by Gasteiger charge is -2.34. The molecule has 1 fully saturated rings. The number of carbonyl (C=O) groups is 2. The number of likely N-dealkylation sites (tertiary alicyclic amines) is 1. The monoisotopic (exact) mass is 305 g/mol. The van der Waals surface area contributed by atoms with Crippen molar-refractivity contribution < 1.29 is 9.59 Å². The van der Waals surface area contributed by atoms with Crippen LogP contribution in [0.15, 0.2) is 0 Å². The first-order chi connectivity index (χ1) is 8.82. The zero-order valence-corrected chi connectivity index (χ0v) is 13.8. The van der Waals surface area contributed by atoms with Crippen molar-refractivity contribution in [2.75, 3.05) is 26.7 Å². The Balaban J connectivity index is 0.00000361. The Labute approximate surface area is 128 Å². The van der Waals surface area contributed by atoms with Crippen molar-refractivity contribution in [3.63, 3.8) is 0 Å². The van der Waals surface area contributed by atoms with Crippen molar-refractivity contribution in [3.05, 3.63) is 0 Å². The molecule has 1 rings (SSSR count). The Kier molecular flexibility index (Phi) is 7.52. The number of rotatable bonds is 6. The molecule has 2 amide bonds. The summed E-state index contributed by atoms with van der Waals surface area (Å²) in [5, 5.41) is 0. The first kappa shape index (κ1) is 19.2. The second kappa shape index (κ2) is 7.84. The molecular formula is C14H28ClN3O2. The zero-order valence-electron chi connectivity index (χ0n) is 13.0. The van der Waals surface area contributed by atoms with E-state index < -0.39 is 0 Å². The second-order valence-corrected chi connectivity index (χ2v) is 6.18. The predicted molar refractivity (Wildman–Crippen MR) is 82.7 cm³/mol. The molecular weight excluding hydrogens is 278 g/mol. The van der Waals surface area contributed by atoms with Crippen molar-refractivity contribution in [3.8, 4) is 0 Å². The fraction of sp³-hybridized carbons (Fsp3) is 0.857. The molecule has 0 bridgehead atoms. The third-order valence-electron chi connectivity index (χ3n) is 3.75. The summed E-state index contributed by atoms with van der Waals surface area (Å²) in [6, 6.07) is -0.312. The van der Waals surface area contributed by atoms with E-state index in [4.69, 9.17) is 5.73 Å². The summed E-state index contributed by atoms with van der Waals surface area (Å²) in [6.45, 7) is 7.88. The van der Waals surface area contributed by atoms with E-state index in [2.05, 4.69) is 0 Å². The third-order valence-corrected chi connectivity index (χ3v) is 3.75. The summed E-state index contributed by atoms with van der Waals surface area (Å²) in [5.41, 5.74) is 5.61. The van der Waals surface area contributed by atoms with Gasteiger partial charge in [-0.25, -0.2) is 0 Å². The van der Waals surface area contributed by atoms with E-state index in [-0.39, 0.29) is 35.7 Å². The number of hydrogen-bond donors (Lipinski definition) is 1. The number of nitrogens with zero attached hydrogens (tertiary/aromatic N) is 2. The zero-order chi connectivity index (χ0) is 14.6. The Morgan fingerprint density at radius 2 is 2.10 bits per heavy atom. The molecule has 0 aliphatic carbocycles. The maximum absolute atomic E-state index is 12.5. The lowest BCUT2D eigenvalue weighted by atomic mass is 9.93. The van der Waals surface area contributed by atoms with Crippen molar-refractivity contribution in [2.45, 2.75) is 46.1 Å². The van der Waals surface area contributed by atoms with Gasteiger partial charge in [-0.15, -0.1) is 12.4 Å². The highest BCUT2D eigenvalue weighted by Gasteiger charge is 2.34. The van der Waals surface area contributed by atoms with E-state index in [1.807, 2.05) is 20.8 Å². The minimum Gasteiger partial charge on any atom is -0.343 e. The van der Waals surface area contributed by atoms with Gasteiger partial charge in [0.05, 0.1) is 0 Å². The number of amides is 2. The normalized spacial score (nSPS) is 16.9. The third kappa shape index (κ3) is 4.63. The molecule has 0 aromatic carbocycles. The highest BCUT2D eigenvalue weighted by molar-refractivity contribution is 5.88. The summed E-state index contributed by atoms with van der Waals surface area (Å²) in [5.74, 6) is 0.131. The van der Waals surface area contributed by atoms with Crippen molar-refractivity contribution in [2.24, 2.45) is 11.1 Å². The summed E-state index contributed by atoms with van der Waals surface area (Å²) >= 11 is 0. The molecule has 20 heavy (non-hydrogen) atoms. The summed E-state index contributed by atoms with van der Waals surface area (Å²) in [6.07, 6.45) is 2.10. The first-order valence-electron chi connectivity index (χ1n) is 7.07. The van der Waals surface area contributed by atoms with Gasteiger partial charge >= 0.3 is 0 Å². The van der Waals surface area contributed by atoms with E-state index in [9.17, 15) is 9.59 Å². The van der Waals surface area contributed by atoms with Crippen molar-refractivity contribution >= 4 is 24.2 Å². The molecule has 0 aromatic rings. The van der Waals surface area contributed by atoms with Gasteiger partial charge in [0.25, 0.3) is 0 Å². The second-order valence-electron chi connectivity index (χ2n) is 6.18.